The van der Waals surface area contributed by atoms with Crippen molar-refractivity contribution in [3.8, 4) is 0 Å². The van der Waals surface area contributed by atoms with Crippen LogP contribution in [-0.4, -0.2) is 42.1 Å². The monoisotopic (exact) mass is 376 g/mol. The molecule has 3 aromatic rings. The van der Waals surface area contributed by atoms with Crippen LogP contribution >= 0.6 is 11.7 Å². The van der Waals surface area contributed by atoms with Crippen LogP contribution in [0.15, 0.2) is 47.4 Å². The maximum atomic E-state index is 13.1. The fraction of sp³-hybridized carbons (Fsp3) is 0.294. The average molecular weight is 377 g/mol. The van der Waals surface area contributed by atoms with Gasteiger partial charge in [-0.3, -0.25) is 0 Å². The molecule has 3 rings (SSSR count). The Labute approximate surface area is 152 Å². The fourth-order valence-electron chi connectivity index (χ4n) is 2.60. The van der Waals surface area contributed by atoms with Crippen molar-refractivity contribution in [2.45, 2.75) is 18.4 Å². The maximum Gasteiger partial charge on any atom is 0.245 e. The Morgan fingerprint density at radius 1 is 1.04 bits per heavy atom. The van der Waals surface area contributed by atoms with E-state index in [1.807, 2.05) is 50.2 Å². The van der Waals surface area contributed by atoms with Crippen molar-refractivity contribution in [1.29, 1.82) is 0 Å². The average Bonchev–Trinajstić information content (AvgIpc) is 3.08. The van der Waals surface area contributed by atoms with Gasteiger partial charge in [0.2, 0.25) is 10.0 Å². The third-order valence-electron chi connectivity index (χ3n) is 4.03. The molecule has 0 aliphatic carbocycles. The van der Waals surface area contributed by atoms with E-state index in [-0.39, 0.29) is 4.90 Å². The van der Waals surface area contributed by atoms with Crippen LogP contribution in [0.1, 0.15) is 12.5 Å². The molecule has 0 aliphatic rings. The Bertz CT molecular complexity index is 966. The fourth-order valence-corrected chi connectivity index (χ4v) is 4.79. The highest BCUT2D eigenvalue weighted by atomic mass is 32.2. The molecule has 1 aromatic heterocycles. The molecule has 0 atom stereocenters. The summed E-state index contributed by atoms with van der Waals surface area (Å²) in [4.78, 5) is 2.22. The Balaban J connectivity index is 1.92. The van der Waals surface area contributed by atoms with Crippen LogP contribution in [0.3, 0.4) is 0 Å². The van der Waals surface area contributed by atoms with E-state index in [4.69, 9.17) is 0 Å². The van der Waals surface area contributed by atoms with Crippen LogP contribution in [0.4, 0.5) is 5.69 Å². The summed E-state index contributed by atoms with van der Waals surface area (Å²) in [7, 11) is 0.300. The normalized spacial score (nSPS) is 12.0. The molecule has 132 valence electrons. The molecule has 0 spiro atoms. The number of benzene rings is 2. The number of rotatable bonds is 6. The number of aromatic nitrogens is 2. The van der Waals surface area contributed by atoms with Crippen LogP contribution in [0.5, 0.6) is 0 Å². The maximum absolute atomic E-state index is 13.1. The van der Waals surface area contributed by atoms with Crippen LogP contribution in [0, 0.1) is 0 Å². The van der Waals surface area contributed by atoms with Crippen molar-refractivity contribution in [2.75, 3.05) is 25.5 Å². The summed E-state index contributed by atoms with van der Waals surface area (Å²) in [6.07, 6.45) is 0. The number of hydrogen-bond donors (Lipinski definition) is 0. The first kappa shape index (κ1) is 17.8. The van der Waals surface area contributed by atoms with E-state index in [2.05, 4.69) is 8.75 Å². The molecule has 0 unspecified atom stereocenters. The quantitative estimate of drug-likeness (QED) is 0.662. The van der Waals surface area contributed by atoms with Gasteiger partial charge in [0.05, 0.1) is 11.7 Å². The second-order valence-corrected chi connectivity index (χ2v) is 8.31. The molecule has 0 amide bonds. The third kappa shape index (κ3) is 3.51. The Kier molecular flexibility index (Phi) is 5.03. The highest BCUT2D eigenvalue weighted by Crippen LogP contribution is 2.25. The van der Waals surface area contributed by atoms with Gasteiger partial charge in [0, 0.05) is 32.9 Å². The number of hydrogen-bond acceptors (Lipinski definition) is 6. The van der Waals surface area contributed by atoms with Gasteiger partial charge in [-0.15, -0.1) is 0 Å². The second-order valence-electron chi connectivity index (χ2n) is 5.88. The van der Waals surface area contributed by atoms with Crippen molar-refractivity contribution in [2.24, 2.45) is 0 Å². The van der Waals surface area contributed by atoms with Crippen molar-refractivity contribution in [1.82, 2.24) is 13.1 Å². The molecule has 0 radical (unpaired) electrons. The highest BCUT2D eigenvalue weighted by molar-refractivity contribution is 7.89. The zero-order chi connectivity index (χ0) is 18.0. The molecule has 0 bridgehead atoms. The van der Waals surface area contributed by atoms with Gasteiger partial charge in [0.1, 0.15) is 15.9 Å². The van der Waals surface area contributed by atoms with Gasteiger partial charge < -0.3 is 4.90 Å². The summed E-state index contributed by atoms with van der Waals surface area (Å²) < 4.78 is 36.0. The molecule has 0 N–H and O–H groups in total. The first-order chi connectivity index (χ1) is 11.9. The molecule has 0 aliphatic heterocycles. The first-order valence-electron chi connectivity index (χ1n) is 7.91. The molecule has 8 heteroatoms. The molecule has 2 aromatic carbocycles. The summed E-state index contributed by atoms with van der Waals surface area (Å²) in [5.74, 6) is 0. The standard InChI is InChI=1S/C17H20N4O2S2/c1-4-21(12-13-8-10-14(11-9-13)20(2)3)25(22,23)16-7-5-6-15-17(16)19-24-18-15/h5-11H,4,12H2,1-3H3. The van der Waals surface area contributed by atoms with E-state index in [9.17, 15) is 8.42 Å². The zero-order valence-electron chi connectivity index (χ0n) is 14.4. The highest BCUT2D eigenvalue weighted by Gasteiger charge is 2.26. The minimum absolute atomic E-state index is 0.213. The summed E-state index contributed by atoms with van der Waals surface area (Å²) in [6, 6.07) is 13.0. The van der Waals surface area contributed by atoms with Gasteiger partial charge in [0.15, 0.2) is 0 Å². The molecular weight excluding hydrogens is 356 g/mol. The summed E-state index contributed by atoms with van der Waals surface area (Å²) in [6.45, 7) is 2.54. The predicted molar refractivity (Wildman–Crippen MR) is 101 cm³/mol. The van der Waals surface area contributed by atoms with Crippen molar-refractivity contribution in [3.63, 3.8) is 0 Å². The Hall–Kier alpha value is -2.03. The van der Waals surface area contributed by atoms with E-state index in [0.29, 0.717) is 24.1 Å². The lowest BCUT2D eigenvalue weighted by Gasteiger charge is -2.21. The van der Waals surface area contributed by atoms with Crippen LogP contribution < -0.4 is 4.90 Å². The van der Waals surface area contributed by atoms with Gasteiger partial charge in [-0.05, 0) is 29.8 Å². The molecule has 25 heavy (non-hydrogen) atoms. The van der Waals surface area contributed by atoms with E-state index in [1.54, 1.807) is 18.2 Å². The van der Waals surface area contributed by atoms with Crippen LogP contribution in [0.25, 0.3) is 11.0 Å². The number of nitrogens with zero attached hydrogens (tertiary/aromatic N) is 4. The third-order valence-corrected chi connectivity index (χ3v) is 6.53. The van der Waals surface area contributed by atoms with E-state index in [1.165, 1.54) is 4.31 Å². The topological polar surface area (TPSA) is 66.4 Å². The SMILES string of the molecule is CCN(Cc1ccc(N(C)C)cc1)S(=O)(=O)c1cccc2nsnc12. The van der Waals surface area contributed by atoms with Gasteiger partial charge in [-0.25, -0.2) is 8.42 Å². The van der Waals surface area contributed by atoms with Crippen molar-refractivity contribution in [3.05, 3.63) is 48.0 Å². The molecule has 0 saturated heterocycles. The summed E-state index contributed by atoms with van der Waals surface area (Å²) >= 11 is 1.02. The van der Waals surface area contributed by atoms with Crippen LogP contribution in [-0.2, 0) is 16.6 Å². The molecule has 0 saturated carbocycles. The van der Waals surface area contributed by atoms with Crippen LogP contribution in [0.2, 0.25) is 0 Å². The minimum Gasteiger partial charge on any atom is -0.378 e. The number of anilines is 1. The van der Waals surface area contributed by atoms with E-state index < -0.39 is 10.0 Å². The first-order valence-corrected chi connectivity index (χ1v) is 10.1. The lowest BCUT2D eigenvalue weighted by Crippen LogP contribution is -2.30. The lowest BCUT2D eigenvalue weighted by atomic mass is 10.2. The minimum atomic E-state index is -3.65. The van der Waals surface area contributed by atoms with Gasteiger partial charge in [0.25, 0.3) is 0 Å². The number of sulfonamides is 1. The smallest absolute Gasteiger partial charge is 0.245 e. The Morgan fingerprint density at radius 2 is 1.76 bits per heavy atom. The molecule has 1 heterocycles. The zero-order valence-corrected chi connectivity index (χ0v) is 16.0. The molecule has 6 nitrogen and oxygen atoms in total. The largest absolute Gasteiger partial charge is 0.378 e. The lowest BCUT2D eigenvalue weighted by molar-refractivity contribution is 0.424. The molecule has 0 fully saturated rings. The van der Waals surface area contributed by atoms with Crippen molar-refractivity contribution < 1.29 is 8.42 Å². The van der Waals surface area contributed by atoms with Gasteiger partial charge >= 0.3 is 0 Å². The van der Waals surface area contributed by atoms with Crippen molar-refractivity contribution >= 4 is 38.5 Å². The Morgan fingerprint density at radius 3 is 2.40 bits per heavy atom. The summed E-state index contributed by atoms with van der Waals surface area (Å²) in [5, 5.41) is 0. The van der Waals surface area contributed by atoms with Gasteiger partial charge in [-0.1, -0.05) is 25.1 Å². The number of fused-ring (bicyclic) bond motifs is 1. The second kappa shape index (κ2) is 7.07. The van der Waals surface area contributed by atoms with E-state index >= 15 is 0 Å². The van der Waals surface area contributed by atoms with E-state index in [0.717, 1.165) is 23.0 Å². The molecular formula is C17H20N4O2S2. The predicted octanol–water partition coefficient (Wildman–Crippen LogP) is 2.97. The van der Waals surface area contributed by atoms with Gasteiger partial charge in [-0.2, -0.15) is 13.1 Å². The summed E-state index contributed by atoms with van der Waals surface area (Å²) in [5.41, 5.74) is 3.07.